The molecule has 7 nitrogen and oxygen atoms in total. The minimum absolute atomic E-state index is 0.111. The first-order valence-corrected chi connectivity index (χ1v) is 11.4. The Balaban J connectivity index is 1.32. The van der Waals surface area contributed by atoms with E-state index >= 15 is 0 Å². The number of carbonyl (C=O) groups excluding carboxylic acids is 1. The molecule has 1 amide bonds. The molecular weight excluding hydrogens is 454 g/mol. The summed E-state index contributed by atoms with van der Waals surface area (Å²) >= 11 is 0. The Hall–Kier alpha value is -4.78. The van der Waals surface area contributed by atoms with Crippen LogP contribution in [0.2, 0.25) is 0 Å². The van der Waals surface area contributed by atoms with Crippen molar-refractivity contribution in [1.29, 1.82) is 0 Å². The number of ether oxygens (including phenoxy) is 3. The van der Waals surface area contributed by atoms with Crippen LogP contribution in [-0.2, 0) is 11.3 Å². The number of aromatic nitrogens is 1. The molecule has 7 heteroatoms. The average Bonchev–Trinajstić information content (AvgIpc) is 2.91. The molecule has 180 valence electrons. The maximum atomic E-state index is 12.4. The molecule has 0 aliphatic rings. The molecule has 0 fully saturated rings. The predicted molar refractivity (Wildman–Crippen MR) is 142 cm³/mol. The third kappa shape index (κ3) is 5.00. The van der Waals surface area contributed by atoms with Gasteiger partial charge in [-0.2, -0.15) is 0 Å². The van der Waals surface area contributed by atoms with Gasteiger partial charge in [0.15, 0.2) is 0 Å². The molecule has 0 aliphatic carbocycles. The fourth-order valence-corrected chi connectivity index (χ4v) is 4.04. The van der Waals surface area contributed by atoms with Crippen molar-refractivity contribution < 1.29 is 19.0 Å². The van der Waals surface area contributed by atoms with Gasteiger partial charge in [-0.3, -0.25) is 5.32 Å². The van der Waals surface area contributed by atoms with Crippen LogP contribution in [0.3, 0.4) is 0 Å². The van der Waals surface area contributed by atoms with Gasteiger partial charge >= 0.3 is 6.09 Å². The Morgan fingerprint density at radius 2 is 1.39 bits per heavy atom. The minimum atomic E-state index is -0.574. The molecular formula is C29H25N3O4. The number of anilines is 3. The number of hydrogen-bond acceptors (Lipinski definition) is 6. The minimum Gasteiger partial charge on any atom is -0.497 e. The molecule has 1 aromatic heterocycles. The standard InChI is InChI=1S/C29H25N3O4/c1-34-22-15-21(16-23(17-22)35-2)31-29(33)36-18-19-8-7-9-20(14-19)30-28-24-10-3-5-12-26(24)32-27-13-6-4-11-25(27)28/h3-17H,18H2,1-2H3,(H,30,32)(H,31,33). The van der Waals surface area contributed by atoms with E-state index in [9.17, 15) is 4.79 Å². The Bertz CT molecular complexity index is 1470. The Morgan fingerprint density at radius 3 is 2.03 bits per heavy atom. The number of amides is 1. The van der Waals surface area contributed by atoms with Crippen LogP contribution in [0.5, 0.6) is 11.5 Å². The summed E-state index contributed by atoms with van der Waals surface area (Å²) in [6, 6.07) is 29.0. The lowest BCUT2D eigenvalue weighted by Gasteiger charge is -2.14. The predicted octanol–water partition coefficient (Wildman–Crippen LogP) is 6.90. The summed E-state index contributed by atoms with van der Waals surface area (Å²) in [6.45, 7) is 0.111. The second kappa shape index (κ2) is 10.2. The number of nitrogens with zero attached hydrogens (tertiary/aromatic N) is 1. The Labute approximate surface area is 208 Å². The van der Waals surface area contributed by atoms with Crippen molar-refractivity contribution in [3.63, 3.8) is 0 Å². The van der Waals surface area contributed by atoms with Crippen molar-refractivity contribution in [2.75, 3.05) is 24.9 Å². The van der Waals surface area contributed by atoms with Crippen LogP contribution in [0.4, 0.5) is 21.9 Å². The lowest BCUT2D eigenvalue weighted by atomic mass is 10.1. The van der Waals surface area contributed by atoms with Crippen molar-refractivity contribution in [3.05, 3.63) is 96.6 Å². The molecule has 0 bridgehead atoms. The van der Waals surface area contributed by atoms with Gasteiger partial charge in [0.1, 0.15) is 18.1 Å². The zero-order chi connectivity index (χ0) is 24.9. The molecule has 5 aromatic rings. The molecule has 0 spiro atoms. The van der Waals surface area contributed by atoms with Crippen LogP contribution in [0.25, 0.3) is 21.8 Å². The van der Waals surface area contributed by atoms with E-state index in [1.54, 1.807) is 32.4 Å². The maximum Gasteiger partial charge on any atom is 0.411 e. The van der Waals surface area contributed by atoms with Crippen LogP contribution in [0.15, 0.2) is 91.0 Å². The van der Waals surface area contributed by atoms with E-state index in [0.717, 1.165) is 38.7 Å². The van der Waals surface area contributed by atoms with Gasteiger partial charge in [-0.1, -0.05) is 48.5 Å². The average molecular weight is 480 g/mol. The van der Waals surface area contributed by atoms with Crippen molar-refractivity contribution >= 4 is 45.0 Å². The number of pyridine rings is 1. The lowest BCUT2D eigenvalue weighted by Crippen LogP contribution is -2.13. The number of hydrogen-bond donors (Lipinski definition) is 2. The molecule has 0 saturated carbocycles. The molecule has 0 unspecified atom stereocenters. The number of benzene rings is 4. The van der Waals surface area contributed by atoms with Gasteiger partial charge in [0, 0.05) is 34.7 Å². The summed E-state index contributed by atoms with van der Waals surface area (Å²) < 4.78 is 15.9. The molecule has 2 N–H and O–H groups in total. The van der Waals surface area contributed by atoms with Gasteiger partial charge in [0.25, 0.3) is 0 Å². The van der Waals surface area contributed by atoms with Crippen LogP contribution < -0.4 is 20.1 Å². The summed E-state index contributed by atoms with van der Waals surface area (Å²) in [7, 11) is 3.10. The molecule has 5 rings (SSSR count). The van der Waals surface area contributed by atoms with Crippen molar-refractivity contribution in [1.82, 2.24) is 4.98 Å². The van der Waals surface area contributed by atoms with Gasteiger partial charge in [0.2, 0.25) is 0 Å². The third-order valence-corrected chi connectivity index (χ3v) is 5.75. The Morgan fingerprint density at radius 1 is 0.750 bits per heavy atom. The molecule has 1 heterocycles. The highest BCUT2D eigenvalue weighted by molar-refractivity contribution is 6.08. The van der Waals surface area contributed by atoms with Crippen LogP contribution in [-0.4, -0.2) is 25.3 Å². The SMILES string of the molecule is COc1cc(NC(=O)OCc2cccc(Nc3c4ccccc4nc4ccccc34)c2)cc(OC)c1. The van der Waals surface area contributed by atoms with Gasteiger partial charge in [0.05, 0.1) is 36.6 Å². The summed E-state index contributed by atoms with van der Waals surface area (Å²) in [4.78, 5) is 17.2. The number of rotatable bonds is 7. The smallest absolute Gasteiger partial charge is 0.411 e. The first-order valence-electron chi connectivity index (χ1n) is 11.4. The monoisotopic (exact) mass is 479 g/mol. The largest absolute Gasteiger partial charge is 0.497 e. The second-order valence-corrected chi connectivity index (χ2v) is 8.15. The van der Waals surface area contributed by atoms with Crippen molar-refractivity contribution in [2.24, 2.45) is 0 Å². The zero-order valence-electron chi connectivity index (χ0n) is 19.9. The van der Waals surface area contributed by atoms with E-state index < -0.39 is 6.09 Å². The Kier molecular flexibility index (Phi) is 6.53. The summed E-state index contributed by atoms with van der Waals surface area (Å²) in [5, 5.41) is 8.34. The first-order chi connectivity index (χ1) is 17.6. The van der Waals surface area contributed by atoms with E-state index in [1.165, 1.54) is 0 Å². The normalized spacial score (nSPS) is 10.7. The van der Waals surface area contributed by atoms with Gasteiger partial charge in [-0.25, -0.2) is 9.78 Å². The van der Waals surface area contributed by atoms with Crippen molar-refractivity contribution in [2.45, 2.75) is 6.61 Å². The second-order valence-electron chi connectivity index (χ2n) is 8.15. The van der Waals surface area contributed by atoms with Crippen LogP contribution in [0, 0.1) is 0 Å². The lowest BCUT2D eigenvalue weighted by molar-refractivity contribution is 0.155. The first kappa shape index (κ1) is 23.0. The van der Waals surface area contributed by atoms with Gasteiger partial charge < -0.3 is 19.5 Å². The highest BCUT2D eigenvalue weighted by Gasteiger charge is 2.11. The molecule has 0 radical (unpaired) electrons. The summed E-state index contributed by atoms with van der Waals surface area (Å²) in [5.74, 6) is 1.14. The molecule has 36 heavy (non-hydrogen) atoms. The highest BCUT2D eigenvalue weighted by atomic mass is 16.5. The number of nitrogens with one attached hydrogen (secondary N) is 2. The topological polar surface area (TPSA) is 81.7 Å². The summed E-state index contributed by atoms with van der Waals surface area (Å²) in [6.07, 6.45) is -0.574. The van der Waals surface area contributed by atoms with E-state index in [0.29, 0.717) is 17.2 Å². The molecule has 0 atom stereocenters. The number of carbonyl (C=O) groups is 1. The molecule has 4 aromatic carbocycles. The fourth-order valence-electron chi connectivity index (χ4n) is 4.04. The molecule has 0 saturated heterocycles. The van der Waals surface area contributed by atoms with Gasteiger partial charge in [-0.05, 0) is 29.8 Å². The fraction of sp³-hybridized carbons (Fsp3) is 0.103. The zero-order valence-corrected chi connectivity index (χ0v) is 19.9. The van der Waals surface area contributed by atoms with E-state index in [4.69, 9.17) is 19.2 Å². The summed E-state index contributed by atoms with van der Waals surface area (Å²) in [5.41, 5.74) is 5.08. The number of fused-ring (bicyclic) bond motifs is 2. The quantitative estimate of drug-likeness (QED) is 0.247. The van der Waals surface area contributed by atoms with E-state index in [1.807, 2.05) is 60.7 Å². The number of para-hydroxylation sites is 2. The third-order valence-electron chi connectivity index (χ3n) is 5.75. The maximum absolute atomic E-state index is 12.4. The van der Waals surface area contributed by atoms with Gasteiger partial charge in [-0.15, -0.1) is 0 Å². The molecule has 0 aliphatic heterocycles. The van der Waals surface area contributed by atoms with E-state index in [-0.39, 0.29) is 6.61 Å². The number of methoxy groups -OCH3 is 2. The highest BCUT2D eigenvalue weighted by Crippen LogP contribution is 2.33. The van der Waals surface area contributed by atoms with Crippen LogP contribution in [0.1, 0.15) is 5.56 Å². The van der Waals surface area contributed by atoms with Crippen molar-refractivity contribution in [3.8, 4) is 11.5 Å². The van der Waals surface area contributed by atoms with Crippen LogP contribution >= 0.6 is 0 Å². The van der Waals surface area contributed by atoms with E-state index in [2.05, 4.69) is 22.8 Å².